The Morgan fingerprint density at radius 2 is 2.31 bits per heavy atom. The normalized spacial score (nSPS) is 10.4. The van der Waals surface area contributed by atoms with Gasteiger partial charge in [-0.05, 0) is 37.6 Å². The first-order valence-corrected chi connectivity index (χ1v) is 6.89. The van der Waals surface area contributed by atoms with E-state index in [1.54, 1.807) is 6.20 Å². The number of thioether (sulfide) groups is 1. The van der Waals surface area contributed by atoms with Gasteiger partial charge < -0.3 is 5.32 Å². The summed E-state index contributed by atoms with van der Waals surface area (Å²) in [4.78, 5) is 5.44. The molecule has 0 fully saturated rings. The number of hydrogen-bond donors (Lipinski definition) is 1. The Bertz CT molecular complexity index is 451. The van der Waals surface area contributed by atoms with Crippen LogP contribution in [0.5, 0.6) is 0 Å². The van der Waals surface area contributed by atoms with Gasteiger partial charge in [0.2, 0.25) is 0 Å². The Hall–Kier alpha value is -1.00. The average molecular weight is 250 g/mol. The summed E-state index contributed by atoms with van der Waals surface area (Å²) < 4.78 is 1.40. The molecule has 0 saturated heterocycles. The van der Waals surface area contributed by atoms with Crippen LogP contribution in [-0.2, 0) is 0 Å². The summed E-state index contributed by atoms with van der Waals surface area (Å²) in [5.41, 5.74) is 2.45. The van der Waals surface area contributed by atoms with E-state index < -0.39 is 0 Å². The highest BCUT2D eigenvalue weighted by Gasteiger charge is 2.02. The van der Waals surface area contributed by atoms with Crippen LogP contribution in [0.2, 0.25) is 0 Å². The van der Waals surface area contributed by atoms with Gasteiger partial charge in [0.05, 0.1) is 15.8 Å². The van der Waals surface area contributed by atoms with Crippen molar-refractivity contribution in [2.24, 2.45) is 0 Å². The molecule has 0 aliphatic heterocycles. The highest BCUT2D eigenvalue weighted by Crippen LogP contribution is 2.31. The van der Waals surface area contributed by atoms with Gasteiger partial charge in [-0.3, -0.25) is 4.98 Å². The molecule has 16 heavy (non-hydrogen) atoms. The number of anilines is 1. The molecule has 4 heteroatoms. The molecule has 1 N–H and O–H groups in total. The van der Waals surface area contributed by atoms with Gasteiger partial charge in [-0.25, -0.2) is 0 Å². The summed E-state index contributed by atoms with van der Waals surface area (Å²) in [7, 11) is 0. The van der Waals surface area contributed by atoms with E-state index in [0.29, 0.717) is 0 Å². The van der Waals surface area contributed by atoms with E-state index in [1.807, 2.05) is 41.4 Å². The molecule has 2 rings (SSSR count). The predicted molar refractivity (Wildman–Crippen MR) is 72.4 cm³/mol. The largest absolute Gasteiger partial charge is 0.374 e. The van der Waals surface area contributed by atoms with Crippen molar-refractivity contribution in [1.29, 1.82) is 0 Å². The summed E-state index contributed by atoms with van der Waals surface area (Å²) in [6.45, 7) is 4.31. The fourth-order valence-corrected chi connectivity index (χ4v) is 3.63. The van der Waals surface area contributed by atoms with Crippen molar-refractivity contribution in [3.05, 3.63) is 41.0 Å². The maximum absolute atomic E-state index is 4.06. The second kappa shape index (κ2) is 5.37. The van der Waals surface area contributed by atoms with Crippen LogP contribution < -0.4 is 5.32 Å². The van der Waals surface area contributed by atoms with Crippen LogP contribution in [0.15, 0.2) is 34.8 Å². The zero-order chi connectivity index (χ0) is 11.4. The number of aryl methyl sites for hydroxylation is 2. The molecule has 0 bridgehead atoms. The summed E-state index contributed by atoms with van der Waals surface area (Å²) in [5, 5.41) is 3.34. The molecule has 0 unspecified atom stereocenters. The Labute approximate surface area is 104 Å². The van der Waals surface area contributed by atoms with Crippen molar-refractivity contribution in [2.75, 3.05) is 11.2 Å². The van der Waals surface area contributed by atoms with Gasteiger partial charge >= 0.3 is 0 Å². The van der Waals surface area contributed by atoms with Gasteiger partial charge in [0.25, 0.3) is 0 Å². The highest BCUT2D eigenvalue weighted by molar-refractivity contribution is 8.01. The van der Waals surface area contributed by atoms with Gasteiger partial charge in [0, 0.05) is 17.3 Å². The van der Waals surface area contributed by atoms with Crippen LogP contribution >= 0.6 is 23.1 Å². The monoisotopic (exact) mass is 250 g/mol. The van der Waals surface area contributed by atoms with E-state index >= 15 is 0 Å². The fourth-order valence-electron chi connectivity index (χ4n) is 1.42. The molecule has 0 atom stereocenters. The minimum atomic E-state index is 0.881. The lowest BCUT2D eigenvalue weighted by molar-refractivity contribution is 1.30. The number of pyridine rings is 1. The Balaban J connectivity index is 1.87. The first kappa shape index (κ1) is 11.5. The second-order valence-electron chi connectivity index (χ2n) is 3.53. The number of nitrogens with zero attached hydrogens (tertiary/aromatic N) is 1. The Morgan fingerprint density at radius 3 is 2.94 bits per heavy atom. The Kier molecular flexibility index (Phi) is 3.85. The third-order valence-electron chi connectivity index (χ3n) is 2.14. The molecule has 2 aromatic heterocycles. The zero-order valence-electron chi connectivity index (χ0n) is 9.36. The fraction of sp³-hybridized carbons (Fsp3) is 0.250. The van der Waals surface area contributed by atoms with Crippen LogP contribution in [-0.4, -0.2) is 10.9 Å². The second-order valence-corrected chi connectivity index (χ2v) is 6.04. The molecule has 2 nitrogen and oxygen atoms in total. The molecule has 0 amide bonds. The van der Waals surface area contributed by atoms with Crippen molar-refractivity contribution in [2.45, 2.75) is 18.1 Å². The SMILES string of the molecule is Cc1cc(C)c(SCNc2cccnc2)s1. The maximum Gasteiger partial charge on any atom is 0.0665 e. The molecule has 0 aliphatic carbocycles. The number of nitrogens with one attached hydrogen (secondary N) is 1. The molecule has 0 radical (unpaired) electrons. The van der Waals surface area contributed by atoms with Crippen LogP contribution in [0.4, 0.5) is 5.69 Å². The molecular weight excluding hydrogens is 236 g/mol. The summed E-state index contributed by atoms with van der Waals surface area (Å²) >= 11 is 3.70. The molecule has 0 spiro atoms. The van der Waals surface area contributed by atoms with E-state index in [9.17, 15) is 0 Å². The van der Waals surface area contributed by atoms with Gasteiger partial charge in [0.15, 0.2) is 0 Å². The van der Waals surface area contributed by atoms with Crippen LogP contribution in [0.25, 0.3) is 0 Å². The van der Waals surface area contributed by atoms with Gasteiger partial charge in [-0.2, -0.15) is 0 Å². The number of aromatic nitrogens is 1. The Morgan fingerprint density at radius 1 is 1.44 bits per heavy atom. The van der Waals surface area contributed by atoms with E-state index in [0.717, 1.165) is 11.6 Å². The average Bonchev–Trinajstić information content (AvgIpc) is 2.59. The molecular formula is C12H14N2S2. The van der Waals surface area contributed by atoms with Crippen molar-refractivity contribution < 1.29 is 0 Å². The van der Waals surface area contributed by atoms with Crippen molar-refractivity contribution >= 4 is 28.8 Å². The van der Waals surface area contributed by atoms with Gasteiger partial charge in [-0.15, -0.1) is 11.3 Å². The first-order chi connectivity index (χ1) is 7.75. The highest BCUT2D eigenvalue weighted by atomic mass is 32.2. The van der Waals surface area contributed by atoms with Crippen molar-refractivity contribution in [3.63, 3.8) is 0 Å². The maximum atomic E-state index is 4.06. The standard InChI is InChI=1S/C12H14N2S2/c1-9-6-10(2)16-12(9)15-8-14-11-4-3-5-13-7-11/h3-7,14H,8H2,1-2H3. The minimum Gasteiger partial charge on any atom is -0.374 e. The third kappa shape index (κ3) is 3.00. The lowest BCUT2D eigenvalue weighted by Crippen LogP contribution is -1.96. The number of rotatable bonds is 4. The van der Waals surface area contributed by atoms with Crippen molar-refractivity contribution in [3.8, 4) is 0 Å². The van der Waals surface area contributed by atoms with Gasteiger partial charge in [-0.1, -0.05) is 11.8 Å². The molecule has 0 aliphatic rings. The predicted octanol–water partition coefficient (Wildman–Crippen LogP) is 3.92. The van der Waals surface area contributed by atoms with Crippen molar-refractivity contribution in [1.82, 2.24) is 4.98 Å². The molecule has 2 heterocycles. The van der Waals surface area contributed by atoms with E-state index in [-0.39, 0.29) is 0 Å². The quantitative estimate of drug-likeness (QED) is 0.657. The number of thiophene rings is 1. The minimum absolute atomic E-state index is 0.881. The van der Waals surface area contributed by atoms with Crippen LogP contribution in [0.3, 0.4) is 0 Å². The molecule has 0 saturated carbocycles. The van der Waals surface area contributed by atoms with E-state index in [1.165, 1.54) is 14.6 Å². The van der Waals surface area contributed by atoms with E-state index in [2.05, 4.69) is 30.2 Å². The summed E-state index contributed by atoms with van der Waals surface area (Å²) in [6, 6.07) is 6.20. The molecule has 2 aromatic rings. The molecule has 84 valence electrons. The van der Waals surface area contributed by atoms with Crippen LogP contribution in [0, 0.1) is 13.8 Å². The number of hydrogen-bond acceptors (Lipinski definition) is 4. The zero-order valence-corrected chi connectivity index (χ0v) is 11.0. The summed E-state index contributed by atoms with van der Waals surface area (Å²) in [5.74, 6) is 0.881. The van der Waals surface area contributed by atoms with Crippen LogP contribution in [0.1, 0.15) is 10.4 Å². The van der Waals surface area contributed by atoms with E-state index in [4.69, 9.17) is 0 Å². The smallest absolute Gasteiger partial charge is 0.0665 e. The summed E-state index contributed by atoms with van der Waals surface area (Å²) in [6.07, 6.45) is 3.62. The third-order valence-corrected chi connectivity index (χ3v) is 4.56. The van der Waals surface area contributed by atoms with Gasteiger partial charge in [0.1, 0.15) is 0 Å². The topological polar surface area (TPSA) is 24.9 Å². The first-order valence-electron chi connectivity index (χ1n) is 5.09. The molecule has 0 aromatic carbocycles. The lowest BCUT2D eigenvalue weighted by Gasteiger charge is -2.04. The lowest BCUT2D eigenvalue weighted by atomic mass is 10.4.